The van der Waals surface area contributed by atoms with E-state index in [0.29, 0.717) is 5.92 Å². The number of unbranched alkanes of at least 4 members (excludes halogenated alkanes) is 2. The molecule has 1 nitrogen and oxygen atoms in total. The van der Waals surface area contributed by atoms with Crippen molar-refractivity contribution < 1.29 is 5.11 Å². The molecule has 0 amide bonds. The Morgan fingerprint density at radius 2 is 1.89 bits per heavy atom. The molecule has 1 aromatic carbocycles. The fourth-order valence-electron chi connectivity index (χ4n) is 2.32. The summed E-state index contributed by atoms with van der Waals surface area (Å²) in [6.07, 6.45) is 8.03. The van der Waals surface area contributed by atoms with Crippen molar-refractivity contribution in [1.82, 2.24) is 0 Å². The third-order valence-corrected chi connectivity index (χ3v) is 3.71. The Balaban J connectivity index is 2.10. The summed E-state index contributed by atoms with van der Waals surface area (Å²) in [5.41, 5.74) is 1.44. The van der Waals surface area contributed by atoms with Gasteiger partial charge in [0, 0.05) is 12.5 Å². The van der Waals surface area contributed by atoms with E-state index in [4.69, 9.17) is 0 Å². The van der Waals surface area contributed by atoms with Crippen LogP contribution in [0.4, 0.5) is 0 Å². The van der Waals surface area contributed by atoms with Gasteiger partial charge in [0.05, 0.1) is 0 Å². The molecule has 0 aromatic heterocycles. The molecule has 0 heterocycles. The van der Waals surface area contributed by atoms with E-state index in [0.717, 1.165) is 0 Å². The summed E-state index contributed by atoms with van der Waals surface area (Å²) in [4.78, 5) is 0. The summed E-state index contributed by atoms with van der Waals surface area (Å²) in [5, 5.41) is 9.18. The Morgan fingerprint density at radius 3 is 2.50 bits per heavy atom. The zero-order valence-corrected chi connectivity index (χ0v) is 11.5. The Kier molecular flexibility index (Phi) is 7.43. The summed E-state index contributed by atoms with van der Waals surface area (Å²) >= 11 is 0. The minimum absolute atomic E-state index is 0.231. The SMILES string of the molecule is C=CC(CO)C(C)CCCCCc1ccccc1. The van der Waals surface area contributed by atoms with E-state index < -0.39 is 0 Å². The van der Waals surface area contributed by atoms with Crippen LogP contribution in [0.15, 0.2) is 43.0 Å². The molecule has 0 bridgehead atoms. The fourth-order valence-corrected chi connectivity index (χ4v) is 2.32. The quantitative estimate of drug-likeness (QED) is 0.511. The van der Waals surface area contributed by atoms with Gasteiger partial charge in [-0.3, -0.25) is 0 Å². The number of aliphatic hydroxyl groups is 1. The van der Waals surface area contributed by atoms with Gasteiger partial charge in [0.25, 0.3) is 0 Å². The smallest absolute Gasteiger partial charge is 0.0496 e. The molecule has 1 N–H and O–H groups in total. The summed E-state index contributed by atoms with van der Waals surface area (Å²) in [6.45, 7) is 6.22. The van der Waals surface area contributed by atoms with Crippen molar-refractivity contribution in [2.75, 3.05) is 6.61 Å². The van der Waals surface area contributed by atoms with Crippen molar-refractivity contribution in [1.29, 1.82) is 0 Å². The number of rotatable bonds is 9. The number of aryl methyl sites for hydroxylation is 1. The number of aliphatic hydroxyl groups excluding tert-OH is 1. The first-order valence-electron chi connectivity index (χ1n) is 7.05. The van der Waals surface area contributed by atoms with E-state index in [9.17, 15) is 5.11 Å². The third-order valence-electron chi connectivity index (χ3n) is 3.71. The Morgan fingerprint density at radius 1 is 1.17 bits per heavy atom. The lowest BCUT2D eigenvalue weighted by atomic mass is 9.90. The standard InChI is InChI=1S/C17H26O/c1-3-17(14-18)15(2)10-6-4-7-11-16-12-8-5-9-13-16/h3,5,8-9,12-13,15,17-18H,1,4,6-7,10-11,14H2,2H3. The minimum Gasteiger partial charge on any atom is -0.396 e. The molecule has 0 fully saturated rings. The molecule has 2 atom stereocenters. The van der Waals surface area contributed by atoms with E-state index in [-0.39, 0.29) is 12.5 Å². The van der Waals surface area contributed by atoms with Crippen LogP contribution in [0.5, 0.6) is 0 Å². The molecule has 1 aromatic rings. The van der Waals surface area contributed by atoms with Gasteiger partial charge >= 0.3 is 0 Å². The largest absolute Gasteiger partial charge is 0.396 e. The fraction of sp³-hybridized carbons (Fsp3) is 0.529. The van der Waals surface area contributed by atoms with Crippen LogP contribution in [0.3, 0.4) is 0 Å². The van der Waals surface area contributed by atoms with Crippen LogP contribution >= 0.6 is 0 Å². The van der Waals surface area contributed by atoms with Crippen LogP contribution in [0, 0.1) is 11.8 Å². The van der Waals surface area contributed by atoms with Crippen LogP contribution in [0.25, 0.3) is 0 Å². The lowest BCUT2D eigenvalue weighted by Gasteiger charge is -2.18. The van der Waals surface area contributed by atoms with Gasteiger partial charge in [0.2, 0.25) is 0 Å². The highest BCUT2D eigenvalue weighted by atomic mass is 16.3. The normalized spacial score (nSPS) is 14.1. The average molecular weight is 246 g/mol. The van der Waals surface area contributed by atoms with Gasteiger partial charge in [-0.25, -0.2) is 0 Å². The zero-order valence-electron chi connectivity index (χ0n) is 11.5. The van der Waals surface area contributed by atoms with Gasteiger partial charge < -0.3 is 5.11 Å². The number of benzene rings is 1. The van der Waals surface area contributed by atoms with Crippen molar-refractivity contribution >= 4 is 0 Å². The lowest BCUT2D eigenvalue weighted by molar-refractivity contribution is 0.208. The van der Waals surface area contributed by atoms with E-state index in [2.05, 4.69) is 43.8 Å². The molecule has 0 radical (unpaired) electrons. The maximum Gasteiger partial charge on any atom is 0.0496 e. The van der Waals surface area contributed by atoms with Crippen LogP contribution < -0.4 is 0 Å². The predicted molar refractivity (Wildman–Crippen MR) is 78.6 cm³/mol. The van der Waals surface area contributed by atoms with Crippen molar-refractivity contribution in [2.24, 2.45) is 11.8 Å². The molecular formula is C17H26O. The van der Waals surface area contributed by atoms with Crippen LogP contribution in [-0.4, -0.2) is 11.7 Å². The molecule has 18 heavy (non-hydrogen) atoms. The molecule has 100 valence electrons. The highest BCUT2D eigenvalue weighted by molar-refractivity contribution is 5.14. The minimum atomic E-state index is 0.231. The van der Waals surface area contributed by atoms with Gasteiger partial charge in [-0.2, -0.15) is 0 Å². The van der Waals surface area contributed by atoms with Gasteiger partial charge in [-0.15, -0.1) is 6.58 Å². The first kappa shape index (κ1) is 15.0. The van der Waals surface area contributed by atoms with Crippen LogP contribution in [0.1, 0.15) is 38.2 Å². The summed E-state index contributed by atoms with van der Waals surface area (Å²) in [7, 11) is 0. The van der Waals surface area contributed by atoms with Crippen LogP contribution in [-0.2, 0) is 6.42 Å². The van der Waals surface area contributed by atoms with Gasteiger partial charge in [-0.05, 0) is 24.3 Å². The summed E-state index contributed by atoms with van der Waals surface area (Å²) in [6, 6.07) is 10.7. The highest BCUT2D eigenvalue weighted by Crippen LogP contribution is 2.19. The van der Waals surface area contributed by atoms with E-state index in [1.54, 1.807) is 0 Å². The molecular weight excluding hydrogens is 220 g/mol. The second-order valence-corrected chi connectivity index (χ2v) is 5.14. The zero-order chi connectivity index (χ0) is 13.2. The number of hydrogen-bond acceptors (Lipinski definition) is 1. The molecule has 0 aliphatic carbocycles. The van der Waals surface area contributed by atoms with Crippen molar-refractivity contribution in [3.05, 3.63) is 48.6 Å². The predicted octanol–water partition coefficient (Wildman–Crippen LogP) is 4.22. The molecule has 1 rings (SSSR count). The highest BCUT2D eigenvalue weighted by Gasteiger charge is 2.11. The first-order valence-corrected chi connectivity index (χ1v) is 7.05. The molecule has 0 saturated heterocycles. The molecule has 1 heteroatoms. The Labute approximate surface area is 112 Å². The maximum atomic E-state index is 9.18. The number of hydrogen-bond donors (Lipinski definition) is 1. The van der Waals surface area contributed by atoms with Crippen LogP contribution in [0.2, 0.25) is 0 Å². The second-order valence-electron chi connectivity index (χ2n) is 5.14. The maximum absolute atomic E-state index is 9.18. The Bertz CT molecular complexity index is 318. The molecule has 0 aliphatic heterocycles. The molecule has 2 unspecified atom stereocenters. The average Bonchev–Trinajstić information content (AvgIpc) is 2.41. The first-order chi connectivity index (χ1) is 8.77. The molecule has 0 saturated carbocycles. The van der Waals surface area contributed by atoms with E-state index >= 15 is 0 Å². The molecule has 0 aliphatic rings. The molecule has 0 spiro atoms. The second kappa shape index (κ2) is 8.93. The third kappa shape index (κ3) is 5.50. The van der Waals surface area contributed by atoms with Crippen molar-refractivity contribution in [2.45, 2.75) is 39.0 Å². The van der Waals surface area contributed by atoms with Gasteiger partial charge in [0.1, 0.15) is 0 Å². The van der Waals surface area contributed by atoms with Gasteiger partial charge in [-0.1, -0.05) is 62.6 Å². The monoisotopic (exact) mass is 246 g/mol. The topological polar surface area (TPSA) is 20.2 Å². The van der Waals surface area contributed by atoms with Crippen molar-refractivity contribution in [3.63, 3.8) is 0 Å². The van der Waals surface area contributed by atoms with E-state index in [1.165, 1.54) is 37.7 Å². The summed E-state index contributed by atoms with van der Waals surface area (Å²) < 4.78 is 0. The Hall–Kier alpha value is -1.08. The lowest BCUT2D eigenvalue weighted by Crippen LogP contribution is -2.13. The van der Waals surface area contributed by atoms with Crippen molar-refractivity contribution in [3.8, 4) is 0 Å². The van der Waals surface area contributed by atoms with Gasteiger partial charge in [0.15, 0.2) is 0 Å². The summed E-state index contributed by atoms with van der Waals surface area (Å²) in [5.74, 6) is 0.809. The van der Waals surface area contributed by atoms with E-state index in [1.807, 2.05) is 6.08 Å².